The lowest BCUT2D eigenvalue weighted by Crippen LogP contribution is -2.52. The van der Waals surface area contributed by atoms with Gasteiger partial charge in [0.25, 0.3) is 5.91 Å². The molecule has 0 saturated carbocycles. The van der Waals surface area contributed by atoms with E-state index in [2.05, 4.69) is 15.6 Å². The molecule has 30 heavy (non-hydrogen) atoms. The van der Waals surface area contributed by atoms with Gasteiger partial charge >= 0.3 is 0 Å². The van der Waals surface area contributed by atoms with Gasteiger partial charge in [0.15, 0.2) is 0 Å². The number of hydrogen-bond donors (Lipinski definition) is 2. The molecule has 2 N–H and O–H groups in total. The maximum absolute atomic E-state index is 12.8. The minimum atomic E-state index is -0.606. The highest BCUT2D eigenvalue weighted by molar-refractivity contribution is 6.05. The standard InChI is InChI=1S/C22H24N4O4/c1-30-9-8-23-12-14-6-7-24-18(10-14)15-2-3-17-16(11-15)13-26(22(17)29)19-4-5-20(27)25-21(19)28/h2-3,6-7,10-11,19,23H,4-5,8-9,12-13H2,1H3,(H,25,27,28). The second-order valence-corrected chi connectivity index (χ2v) is 7.49. The van der Waals surface area contributed by atoms with Crippen LogP contribution in [0.4, 0.5) is 0 Å². The molecule has 156 valence electrons. The van der Waals surface area contributed by atoms with Crippen molar-refractivity contribution in [2.45, 2.75) is 32.0 Å². The summed E-state index contributed by atoms with van der Waals surface area (Å²) in [6.07, 6.45) is 2.38. The van der Waals surface area contributed by atoms with E-state index in [1.165, 1.54) is 0 Å². The highest BCUT2D eigenvalue weighted by Crippen LogP contribution is 2.30. The topological polar surface area (TPSA) is 101 Å². The number of ether oxygens (including phenoxy) is 1. The summed E-state index contributed by atoms with van der Waals surface area (Å²) in [5, 5.41) is 5.64. The monoisotopic (exact) mass is 408 g/mol. The van der Waals surface area contributed by atoms with Gasteiger partial charge in [0.2, 0.25) is 11.8 Å². The zero-order valence-corrected chi connectivity index (χ0v) is 16.8. The minimum Gasteiger partial charge on any atom is -0.383 e. The van der Waals surface area contributed by atoms with Crippen molar-refractivity contribution >= 4 is 17.7 Å². The summed E-state index contributed by atoms with van der Waals surface area (Å²) in [5.41, 5.74) is 4.33. The van der Waals surface area contributed by atoms with Crippen LogP contribution in [0.5, 0.6) is 0 Å². The van der Waals surface area contributed by atoms with E-state index in [9.17, 15) is 14.4 Å². The maximum atomic E-state index is 12.8. The Morgan fingerprint density at radius 3 is 2.90 bits per heavy atom. The molecule has 4 rings (SSSR count). The van der Waals surface area contributed by atoms with Crippen molar-refractivity contribution in [2.75, 3.05) is 20.3 Å². The first-order chi connectivity index (χ1) is 14.6. The van der Waals surface area contributed by atoms with E-state index in [0.29, 0.717) is 31.7 Å². The van der Waals surface area contributed by atoms with Gasteiger partial charge in [-0.15, -0.1) is 0 Å². The van der Waals surface area contributed by atoms with Crippen molar-refractivity contribution in [1.29, 1.82) is 0 Å². The largest absolute Gasteiger partial charge is 0.383 e. The fraction of sp³-hybridized carbons (Fsp3) is 0.364. The molecule has 1 saturated heterocycles. The van der Waals surface area contributed by atoms with E-state index < -0.39 is 11.9 Å². The Bertz CT molecular complexity index is 991. The smallest absolute Gasteiger partial charge is 0.255 e. The predicted molar refractivity (Wildman–Crippen MR) is 109 cm³/mol. The van der Waals surface area contributed by atoms with E-state index in [-0.39, 0.29) is 18.2 Å². The summed E-state index contributed by atoms with van der Waals surface area (Å²) in [7, 11) is 1.67. The van der Waals surface area contributed by atoms with Crippen LogP contribution in [0, 0.1) is 0 Å². The molecular weight excluding hydrogens is 384 g/mol. The van der Waals surface area contributed by atoms with Crippen LogP contribution in [0.3, 0.4) is 0 Å². The number of carbonyl (C=O) groups is 3. The van der Waals surface area contributed by atoms with E-state index in [1.807, 2.05) is 24.3 Å². The summed E-state index contributed by atoms with van der Waals surface area (Å²) in [4.78, 5) is 42.5. The lowest BCUT2D eigenvalue weighted by molar-refractivity contribution is -0.136. The van der Waals surface area contributed by atoms with Crippen molar-refractivity contribution in [1.82, 2.24) is 20.5 Å². The fourth-order valence-corrected chi connectivity index (χ4v) is 3.88. The normalized spacial score (nSPS) is 18.5. The molecule has 8 heteroatoms. The molecule has 0 bridgehead atoms. The molecule has 3 heterocycles. The van der Waals surface area contributed by atoms with Crippen LogP contribution < -0.4 is 10.6 Å². The van der Waals surface area contributed by atoms with Crippen LogP contribution in [0.1, 0.15) is 34.3 Å². The van der Waals surface area contributed by atoms with Crippen LogP contribution >= 0.6 is 0 Å². The van der Waals surface area contributed by atoms with Crippen molar-refractivity contribution in [3.05, 3.63) is 53.2 Å². The zero-order valence-electron chi connectivity index (χ0n) is 16.8. The third kappa shape index (κ3) is 4.10. The number of nitrogens with one attached hydrogen (secondary N) is 2. The summed E-state index contributed by atoms with van der Waals surface area (Å²) < 4.78 is 5.04. The molecule has 2 aromatic rings. The number of carbonyl (C=O) groups excluding carboxylic acids is 3. The number of methoxy groups -OCH3 is 1. The number of fused-ring (bicyclic) bond motifs is 1. The molecule has 8 nitrogen and oxygen atoms in total. The average molecular weight is 408 g/mol. The van der Waals surface area contributed by atoms with Gasteiger partial charge in [-0.1, -0.05) is 6.07 Å². The molecule has 0 aliphatic carbocycles. The highest BCUT2D eigenvalue weighted by atomic mass is 16.5. The second-order valence-electron chi connectivity index (χ2n) is 7.49. The summed E-state index contributed by atoms with van der Waals surface area (Å²) in [6, 6.07) is 9.02. The van der Waals surface area contributed by atoms with Crippen molar-refractivity contribution < 1.29 is 19.1 Å². The lowest BCUT2D eigenvalue weighted by atomic mass is 10.0. The fourth-order valence-electron chi connectivity index (χ4n) is 3.88. The van der Waals surface area contributed by atoms with E-state index >= 15 is 0 Å². The Kier molecular flexibility index (Phi) is 5.87. The van der Waals surface area contributed by atoms with Gasteiger partial charge in [0.05, 0.1) is 12.3 Å². The van der Waals surface area contributed by atoms with Gasteiger partial charge < -0.3 is 15.0 Å². The van der Waals surface area contributed by atoms with Crippen LogP contribution in [0.25, 0.3) is 11.3 Å². The van der Waals surface area contributed by atoms with Crippen LogP contribution in [-0.4, -0.2) is 53.9 Å². The Hall–Kier alpha value is -3.10. The lowest BCUT2D eigenvalue weighted by Gasteiger charge is -2.29. The summed E-state index contributed by atoms with van der Waals surface area (Å²) in [6.45, 7) is 2.49. The number of amides is 3. The summed E-state index contributed by atoms with van der Waals surface area (Å²) >= 11 is 0. The first kappa shape index (κ1) is 20.2. The highest BCUT2D eigenvalue weighted by Gasteiger charge is 2.39. The van der Waals surface area contributed by atoms with Crippen LogP contribution in [0.15, 0.2) is 36.5 Å². The Balaban J connectivity index is 1.50. The van der Waals surface area contributed by atoms with E-state index in [1.54, 1.807) is 24.3 Å². The second kappa shape index (κ2) is 8.73. The third-order valence-electron chi connectivity index (χ3n) is 5.46. The van der Waals surface area contributed by atoms with Crippen molar-refractivity contribution in [2.24, 2.45) is 0 Å². The van der Waals surface area contributed by atoms with Gasteiger partial charge in [-0.2, -0.15) is 0 Å². The maximum Gasteiger partial charge on any atom is 0.255 e. The van der Waals surface area contributed by atoms with Crippen molar-refractivity contribution in [3.8, 4) is 11.3 Å². The minimum absolute atomic E-state index is 0.171. The zero-order chi connectivity index (χ0) is 21.1. The number of benzene rings is 1. The molecule has 2 aliphatic heterocycles. The quantitative estimate of drug-likeness (QED) is 0.528. The first-order valence-corrected chi connectivity index (χ1v) is 9.99. The molecular formula is C22H24N4O4. The van der Waals surface area contributed by atoms with Crippen LogP contribution in [0.2, 0.25) is 0 Å². The number of rotatable bonds is 7. The van der Waals surface area contributed by atoms with Gasteiger partial charge in [0.1, 0.15) is 6.04 Å². The van der Waals surface area contributed by atoms with Gasteiger partial charge in [0, 0.05) is 50.5 Å². The number of aromatic nitrogens is 1. The Morgan fingerprint density at radius 1 is 1.23 bits per heavy atom. The number of pyridine rings is 1. The van der Waals surface area contributed by atoms with Gasteiger partial charge in [-0.05, 0) is 41.8 Å². The molecule has 2 aliphatic rings. The number of imide groups is 1. The molecule has 1 atom stereocenters. The predicted octanol–water partition coefficient (Wildman–Crippen LogP) is 1.25. The third-order valence-corrected chi connectivity index (χ3v) is 5.46. The van der Waals surface area contributed by atoms with Crippen LogP contribution in [-0.2, 0) is 27.4 Å². The molecule has 0 radical (unpaired) electrons. The number of nitrogens with zero attached hydrogens (tertiary/aromatic N) is 2. The average Bonchev–Trinajstić information content (AvgIpc) is 3.07. The SMILES string of the molecule is COCCNCc1ccnc(-c2ccc3c(c2)CN(C2CCC(=O)NC2=O)C3=O)c1. The number of piperidine rings is 1. The molecule has 3 amide bonds. The summed E-state index contributed by atoms with van der Waals surface area (Å²) in [5.74, 6) is -0.858. The van der Waals surface area contributed by atoms with E-state index in [0.717, 1.165) is 28.9 Å². The first-order valence-electron chi connectivity index (χ1n) is 9.99. The molecule has 0 spiro atoms. The van der Waals surface area contributed by atoms with Gasteiger partial charge in [-0.25, -0.2) is 0 Å². The van der Waals surface area contributed by atoms with E-state index in [4.69, 9.17) is 4.74 Å². The molecule has 1 aromatic heterocycles. The van der Waals surface area contributed by atoms with Crippen molar-refractivity contribution in [3.63, 3.8) is 0 Å². The molecule has 1 unspecified atom stereocenters. The molecule has 1 aromatic carbocycles. The van der Waals surface area contributed by atoms with Gasteiger partial charge in [-0.3, -0.25) is 24.7 Å². The molecule has 1 fully saturated rings. The Labute approximate surface area is 174 Å². The number of hydrogen-bond acceptors (Lipinski definition) is 6. The Morgan fingerprint density at radius 2 is 2.10 bits per heavy atom.